The van der Waals surface area contributed by atoms with Crippen molar-refractivity contribution in [1.82, 2.24) is 5.43 Å². The smallest absolute Gasteiger partial charge is 0.336 e. The van der Waals surface area contributed by atoms with Crippen LogP contribution in [0.25, 0.3) is 16.8 Å². The zero-order chi connectivity index (χ0) is 23.8. The van der Waals surface area contributed by atoms with Gasteiger partial charge in [-0.2, -0.15) is 5.10 Å². The summed E-state index contributed by atoms with van der Waals surface area (Å²) in [5, 5.41) is 5.90. The van der Waals surface area contributed by atoms with E-state index < -0.39 is 11.9 Å². The zero-order valence-electron chi connectivity index (χ0n) is 17.8. The van der Waals surface area contributed by atoms with Crippen LogP contribution < -0.4 is 14.9 Å². The van der Waals surface area contributed by atoms with Crippen molar-refractivity contribution >= 4 is 50.9 Å². The average Bonchev–Trinajstić information content (AvgIpc) is 3.37. The van der Waals surface area contributed by atoms with Crippen LogP contribution in [0.4, 0.5) is 0 Å². The SMILES string of the molecule is O=C(COc1cccc2ccccc12)NN=Cc1cc(Br)ccc1OC(=O)C=Cc1ccco1. The Bertz CT molecular complexity index is 1360. The second kappa shape index (κ2) is 11.1. The molecule has 0 fully saturated rings. The molecule has 170 valence electrons. The number of furan rings is 1. The van der Waals surface area contributed by atoms with Gasteiger partial charge in [-0.3, -0.25) is 4.79 Å². The van der Waals surface area contributed by atoms with Gasteiger partial charge in [-0.05, 0) is 47.9 Å². The molecule has 7 nitrogen and oxygen atoms in total. The minimum Gasteiger partial charge on any atom is -0.483 e. The zero-order valence-corrected chi connectivity index (χ0v) is 19.4. The highest BCUT2D eigenvalue weighted by Gasteiger charge is 2.08. The van der Waals surface area contributed by atoms with Gasteiger partial charge < -0.3 is 13.9 Å². The molecule has 0 aliphatic heterocycles. The van der Waals surface area contributed by atoms with Crippen LogP contribution in [0.1, 0.15) is 11.3 Å². The van der Waals surface area contributed by atoms with Crippen molar-refractivity contribution in [3.63, 3.8) is 0 Å². The minimum absolute atomic E-state index is 0.205. The quantitative estimate of drug-likeness (QED) is 0.112. The van der Waals surface area contributed by atoms with E-state index in [1.54, 1.807) is 36.4 Å². The summed E-state index contributed by atoms with van der Waals surface area (Å²) < 4.78 is 16.9. The molecule has 0 unspecified atom stereocenters. The Morgan fingerprint density at radius 1 is 1.00 bits per heavy atom. The number of nitrogens with one attached hydrogen (secondary N) is 1. The molecule has 1 heterocycles. The molecule has 4 rings (SSSR count). The van der Waals surface area contributed by atoms with Gasteiger partial charge in [0, 0.05) is 21.5 Å². The van der Waals surface area contributed by atoms with Crippen LogP contribution in [0.5, 0.6) is 11.5 Å². The normalized spacial score (nSPS) is 11.2. The van der Waals surface area contributed by atoms with E-state index >= 15 is 0 Å². The molecule has 0 bridgehead atoms. The number of halogens is 1. The number of ether oxygens (including phenoxy) is 2. The number of hydrogen-bond acceptors (Lipinski definition) is 6. The highest BCUT2D eigenvalue weighted by atomic mass is 79.9. The lowest BCUT2D eigenvalue weighted by atomic mass is 10.1. The van der Waals surface area contributed by atoms with Gasteiger partial charge in [0.15, 0.2) is 6.61 Å². The molecule has 1 aromatic heterocycles. The van der Waals surface area contributed by atoms with Crippen LogP contribution in [0.3, 0.4) is 0 Å². The first-order chi connectivity index (χ1) is 16.6. The van der Waals surface area contributed by atoms with Crippen LogP contribution in [0, 0.1) is 0 Å². The molecular formula is C26H19BrN2O5. The second-order valence-corrected chi connectivity index (χ2v) is 7.93. The summed E-state index contributed by atoms with van der Waals surface area (Å²) in [6, 6.07) is 21.9. The number of benzene rings is 3. The van der Waals surface area contributed by atoms with E-state index in [2.05, 4.69) is 26.5 Å². The fourth-order valence-electron chi connectivity index (χ4n) is 3.06. The van der Waals surface area contributed by atoms with E-state index in [1.807, 2.05) is 36.4 Å². The van der Waals surface area contributed by atoms with E-state index in [0.717, 1.165) is 15.2 Å². The van der Waals surface area contributed by atoms with Crippen LogP contribution in [-0.4, -0.2) is 24.7 Å². The maximum absolute atomic E-state index is 12.2. The van der Waals surface area contributed by atoms with Gasteiger partial charge in [0.05, 0.1) is 12.5 Å². The first-order valence-corrected chi connectivity index (χ1v) is 11.0. The molecule has 8 heteroatoms. The number of fused-ring (bicyclic) bond motifs is 1. The van der Waals surface area contributed by atoms with Gasteiger partial charge in [0.25, 0.3) is 5.91 Å². The van der Waals surface area contributed by atoms with Crippen LogP contribution in [0.15, 0.2) is 99.1 Å². The maximum atomic E-state index is 12.2. The number of hydrazone groups is 1. The molecule has 1 amide bonds. The minimum atomic E-state index is -0.583. The van der Waals surface area contributed by atoms with E-state index in [0.29, 0.717) is 17.1 Å². The lowest BCUT2D eigenvalue weighted by Crippen LogP contribution is -2.24. The average molecular weight is 519 g/mol. The third-order valence-corrected chi connectivity index (χ3v) is 5.10. The first-order valence-electron chi connectivity index (χ1n) is 10.2. The van der Waals surface area contributed by atoms with Crippen molar-refractivity contribution in [2.45, 2.75) is 0 Å². The van der Waals surface area contributed by atoms with Gasteiger partial charge >= 0.3 is 5.97 Å². The number of nitrogens with zero attached hydrogens (tertiary/aromatic N) is 1. The van der Waals surface area contributed by atoms with Crippen LogP contribution >= 0.6 is 15.9 Å². The monoisotopic (exact) mass is 518 g/mol. The summed E-state index contributed by atoms with van der Waals surface area (Å²) in [5.41, 5.74) is 2.91. The summed E-state index contributed by atoms with van der Waals surface area (Å²) in [5.74, 6) is 0.409. The molecule has 0 saturated heterocycles. The Kier molecular flexibility index (Phi) is 7.52. The predicted molar refractivity (Wildman–Crippen MR) is 133 cm³/mol. The highest BCUT2D eigenvalue weighted by molar-refractivity contribution is 9.10. The molecule has 3 aromatic carbocycles. The molecule has 0 spiro atoms. The number of amides is 1. The third kappa shape index (κ3) is 6.20. The largest absolute Gasteiger partial charge is 0.483 e. The summed E-state index contributed by atoms with van der Waals surface area (Å²) in [6.07, 6.45) is 5.66. The molecule has 0 aliphatic carbocycles. The topological polar surface area (TPSA) is 90.1 Å². The molecule has 0 atom stereocenters. The number of esters is 1. The number of carbonyl (C=O) groups excluding carboxylic acids is 2. The molecule has 0 aliphatic rings. The van der Waals surface area contributed by atoms with Gasteiger partial charge in [-0.15, -0.1) is 0 Å². The Labute approximate surface area is 203 Å². The summed E-state index contributed by atoms with van der Waals surface area (Å²) >= 11 is 3.37. The van der Waals surface area contributed by atoms with Crippen LogP contribution in [-0.2, 0) is 9.59 Å². The van der Waals surface area contributed by atoms with Gasteiger partial charge in [0.1, 0.15) is 17.3 Å². The number of carbonyl (C=O) groups is 2. The van der Waals surface area contributed by atoms with Crippen molar-refractivity contribution in [3.05, 3.63) is 101 Å². The Morgan fingerprint density at radius 2 is 1.85 bits per heavy atom. The standard InChI is InChI=1S/C26H19BrN2O5/c27-20-10-12-23(34-26(31)13-11-21-7-4-14-32-21)19(15-20)16-28-29-25(30)17-33-24-9-3-6-18-5-1-2-8-22(18)24/h1-16H,17H2,(H,29,30). The summed E-state index contributed by atoms with van der Waals surface area (Å²) in [6.45, 7) is -0.205. The molecule has 0 radical (unpaired) electrons. The van der Waals surface area contributed by atoms with Crippen molar-refractivity contribution in [1.29, 1.82) is 0 Å². The lowest BCUT2D eigenvalue weighted by molar-refractivity contribution is -0.129. The van der Waals surface area contributed by atoms with Gasteiger partial charge in [-0.1, -0.05) is 52.3 Å². The van der Waals surface area contributed by atoms with Crippen molar-refractivity contribution in [2.75, 3.05) is 6.61 Å². The molecule has 1 N–H and O–H groups in total. The summed E-state index contributed by atoms with van der Waals surface area (Å²) in [7, 11) is 0. The lowest BCUT2D eigenvalue weighted by Gasteiger charge is -2.08. The van der Waals surface area contributed by atoms with Gasteiger partial charge in [0.2, 0.25) is 0 Å². The Morgan fingerprint density at radius 3 is 2.71 bits per heavy atom. The Hall–Kier alpha value is -4.17. The van der Waals surface area contributed by atoms with Crippen molar-refractivity contribution < 1.29 is 23.5 Å². The second-order valence-electron chi connectivity index (χ2n) is 7.01. The summed E-state index contributed by atoms with van der Waals surface area (Å²) in [4.78, 5) is 24.4. The van der Waals surface area contributed by atoms with E-state index in [4.69, 9.17) is 13.9 Å². The molecule has 4 aromatic rings. The third-order valence-electron chi connectivity index (χ3n) is 4.61. The maximum Gasteiger partial charge on any atom is 0.336 e. The van der Waals surface area contributed by atoms with Crippen molar-refractivity contribution in [3.8, 4) is 11.5 Å². The fourth-order valence-corrected chi connectivity index (χ4v) is 3.44. The number of rotatable bonds is 8. The predicted octanol–water partition coefficient (Wildman–Crippen LogP) is 5.34. The van der Waals surface area contributed by atoms with Crippen LogP contribution in [0.2, 0.25) is 0 Å². The highest BCUT2D eigenvalue weighted by Crippen LogP contribution is 2.25. The number of hydrogen-bond donors (Lipinski definition) is 1. The molecular weight excluding hydrogens is 500 g/mol. The first kappa shape index (κ1) is 23.0. The van der Waals surface area contributed by atoms with Crippen molar-refractivity contribution in [2.24, 2.45) is 5.10 Å². The Balaban J connectivity index is 1.36. The fraction of sp³-hybridized carbons (Fsp3) is 0.0385. The van der Waals surface area contributed by atoms with E-state index in [-0.39, 0.29) is 12.4 Å². The van der Waals surface area contributed by atoms with Gasteiger partial charge in [-0.25, -0.2) is 10.2 Å². The molecule has 0 saturated carbocycles. The van der Waals surface area contributed by atoms with E-state index in [9.17, 15) is 9.59 Å². The molecule has 34 heavy (non-hydrogen) atoms. The van der Waals surface area contributed by atoms with E-state index in [1.165, 1.54) is 24.6 Å².